The van der Waals surface area contributed by atoms with E-state index in [1.165, 1.54) is 0 Å². The van der Waals surface area contributed by atoms with E-state index in [1.807, 2.05) is 13.8 Å². The van der Waals surface area contributed by atoms with Crippen molar-refractivity contribution in [3.63, 3.8) is 0 Å². The summed E-state index contributed by atoms with van der Waals surface area (Å²) < 4.78 is 15.0. The summed E-state index contributed by atoms with van der Waals surface area (Å²) in [5.74, 6) is -0.595. The fourth-order valence-electron chi connectivity index (χ4n) is 1.97. The van der Waals surface area contributed by atoms with Crippen molar-refractivity contribution in [2.75, 3.05) is 26.4 Å². The van der Waals surface area contributed by atoms with Crippen LogP contribution in [-0.2, 0) is 23.8 Å². The molecule has 1 unspecified atom stereocenters. The Balaban J connectivity index is 3.65. The minimum Gasteiger partial charge on any atom is -0.464 e. The molecule has 124 valence electrons. The van der Waals surface area contributed by atoms with Gasteiger partial charge in [-0.2, -0.15) is 0 Å². The highest BCUT2D eigenvalue weighted by Gasteiger charge is 2.16. The van der Waals surface area contributed by atoms with Gasteiger partial charge in [0, 0.05) is 0 Å². The van der Waals surface area contributed by atoms with Crippen LogP contribution >= 0.6 is 0 Å². The van der Waals surface area contributed by atoms with Crippen molar-refractivity contribution >= 4 is 11.9 Å². The molecule has 0 aromatic heterocycles. The number of carbonyl (C=O) groups excluding carboxylic acids is 2. The molecule has 0 N–H and O–H groups in total. The lowest BCUT2D eigenvalue weighted by Gasteiger charge is -2.22. The second-order valence-corrected chi connectivity index (χ2v) is 6.62. The van der Waals surface area contributed by atoms with Crippen molar-refractivity contribution in [2.45, 2.75) is 53.9 Å². The molecule has 0 fully saturated rings. The van der Waals surface area contributed by atoms with E-state index in [9.17, 15) is 9.59 Å². The highest BCUT2D eigenvalue weighted by Crippen LogP contribution is 2.24. The highest BCUT2D eigenvalue weighted by molar-refractivity contribution is 5.73. The van der Waals surface area contributed by atoms with Crippen molar-refractivity contribution in [3.8, 4) is 0 Å². The average Bonchev–Trinajstić information content (AvgIpc) is 2.34. The largest absolute Gasteiger partial charge is 0.464 e. The molecule has 0 aliphatic rings. The van der Waals surface area contributed by atoms with Gasteiger partial charge in [-0.25, -0.2) is 9.59 Å². The highest BCUT2D eigenvalue weighted by atomic mass is 16.6. The third-order valence-corrected chi connectivity index (χ3v) is 2.69. The molecular weight excluding hydrogens is 272 g/mol. The summed E-state index contributed by atoms with van der Waals surface area (Å²) in [5, 5.41) is 0. The summed E-state index contributed by atoms with van der Waals surface area (Å²) in [5.41, 5.74) is 0.213. The minimum absolute atomic E-state index is 0.212. The van der Waals surface area contributed by atoms with Gasteiger partial charge < -0.3 is 14.2 Å². The molecule has 0 amide bonds. The van der Waals surface area contributed by atoms with Crippen LogP contribution in [0.5, 0.6) is 0 Å². The van der Waals surface area contributed by atoms with Gasteiger partial charge in [0.1, 0.15) is 13.2 Å². The molecule has 21 heavy (non-hydrogen) atoms. The zero-order chi connectivity index (χ0) is 16.3. The molecule has 0 aromatic rings. The van der Waals surface area contributed by atoms with Gasteiger partial charge in [0.25, 0.3) is 0 Å². The standard InChI is InChI=1S/C16H30O5/c1-6-7-8-20-14(17)11-19-12-15(18)21-10-13(2)9-16(3,4)5/h13H,6-12H2,1-5H3. The van der Waals surface area contributed by atoms with Gasteiger partial charge in [0.2, 0.25) is 0 Å². The topological polar surface area (TPSA) is 61.8 Å². The Hall–Kier alpha value is -1.10. The van der Waals surface area contributed by atoms with E-state index < -0.39 is 11.9 Å². The van der Waals surface area contributed by atoms with E-state index in [1.54, 1.807) is 0 Å². The summed E-state index contributed by atoms with van der Waals surface area (Å²) in [6, 6.07) is 0. The maximum Gasteiger partial charge on any atom is 0.332 e. The molecule has 0 heterocycles. The molecule has 0 rings (SSSR count). The first-order valence-corrected chi connectivity index (χ1v) is 7.63. The summed E-state index contributed by atoms with van der Waals surface area (Å²) >= 11 is 0. The zero-order valence-corrected chi connectivity index (χ0v) is 14.1. The first kappa shape index (κ1) is 19.9. The van der Waals surface area contributed by atoms with Crippen LogP contribution in [0.3, 0.4) is 0 Å². The number of hydrogen-bond acceptors (Lipinski definition) is 5. The molecule has 1 atom stereocenters. The first-order chi connectivity index (χ1) is 9.74. The van der Waals surface area contributed by atoms with E-state index in [0.717, 1.165) is 19.3 Å². The molecule has 5 heteroatoms. The Labute approximate surface area is 128 Å². The third-order valence-electron chi connectivity index (χ3n) is 2.69. The van der Waals surface area contributed by atoms with E-state index in [-0.39, 0.29) is 18.6 Å². The molecule has 0 aromatic carbocycles. The lowest BCUT2D eigenvalue weighted by atomic mass is 9.86. The van der Waals surface area contributed by atoms with E-state index in [0.29, 0.717) is 19.1 Å². The van der Waals surface area contributed by atoms with E-state index >= 15 is 0 Å². The third kappa shape index (κ3) is 13.6. The minimum atomic E-state index is -0.447. The van der Waals surface area contributed by atoms with Gasteiger partial charge in [-0.1, -0.05) is 41.0 Å². The Kier molecular flexibility index (Phi) is 10.0. The molecule has 0 spiro atoms. The molecule has 0 aliphatic heterocycles. The number of hydrogen-bond donors (Lipinski definition) is 0. The van der Waals surface area contributed by atoms with Crippen LogP contribution in [0.1, 0.15) is 53.9 Å². The summed E-state index contributed by atoms with van der Waals surface area (Å²) in [7, 11) is 0. The van der Waals surface area contributed by atoms with Crippen LogP contribution in [-0.4, -0.2) is 38.4 Å². The molecule has 0 saturated carbocycles. The van der Waals surface area contributed by atoms with Gasteiger partial charge in [-0.05, 0) is 24.2 Å². The Bertz CT molecular complexity index is 306. The number of unbranched alkanes of at least 4 members (excludes halogenated alkanes) is 1. The Morgan fingerprint density at radius 2 is 1.62 bits per heavy atom. The second-order valence-electron chi connectivity index (χ2n) is 6.62. The van der Waals surface area contributed by atoms with E-state index in [2.05, 4.69) is 20.8 Å². The van der Waals surface area contributed by atoms with Gasteiger partial charge >= 0.3 is 11.9 Å². The lowest BCUT2D eigenvalue weighted by molar-refractivity contribution is -0.156. The van der Waals surface area contributed by atoms with Crippen molar-refractivity contribution < 1.29 is 23.8 Å². The normalized spacial score (nSPS) is 12.8. The fourth-order valence-corrected chi connectivity index (χ4v) is 1.97. The maximum absolute atomic E-state index is 11.5. The number of ether oxygens (including phenoxy) is 3. The number of carbonyl (C=O) groups is 2. The molecule has 0 bridgehead atoms. The van der Waals surface area contributed by atoms with Crippen LogP contribution in [0, 0.1) is 11.3 Å². The second kappa shape index (κ2) is 10.6. The lowest BCUT2D eigenvalue weighted by Crippen LogP contribution is -2.22. The predicted molar refractivity (Wildman–Crippen MR) is 80.9 cm³/mol. The number of rotatable bonds is 10. The summed E-state index contributed by atoms with van der Waals surface area (Å²) in [4.78, 5) is 22.7. The molecular formula is C16H30O5. The van der Waals surface area contributed by atoms with Crippen molar-refractivity contribution in [1.29, 1.82) is 0 Å². The molecule has 0 aliphatic carbocycles. The first-order valence-electron chi connectivity index (χ1n) is 7.63. The van der Waals surface area contributed by atoms with Crippen molar-refractivity contribution in [2.24, 2.45) is 11.3 Å². The van der Waals surface area contributed by atoms with Gasteiger partial charge in [-0.3, -0.25) is 0 Å². The predicted octanol–water partition coefficient (Wildman–Crippen LogP) is 2.96. The Morgan fingerprint density at radius 1 is 1.05 bits per heavy atom. The average molecular weight is 302 g/mol. The van der Waals surface area contributed by atoms with Gasteiger partial charge in [0.15, 0.2) is 0 Å². The van der Waals surface area contributed by atoms with E-state index in [4.69, 9.17) is 14.2 Å². The van der Waals surface area contributed by atoms with Crippen molar-refractivity contribution in [1.82, 2.24) is 0 Å². The van der Waals surface area contributed by atoms with Crippen LogP contribution in [0.2, 0.25) is 0 Å². The van der Waals surface area contributed by atoms with Gasteiger partial charge in [0.05, 0.1) is 13.2 Å². The quantitative estimate of drug-likeness (QED) is 0.458. The summed E-state index contributed by atoms with van der Waals surface area (Å²) in [6.07, 6.45) is 2.78. The van der Waals surface area contributed by atoms with Crippen LogP contribution < -0.4 is 0 Å². The molecule has 0 saturated heterocycles. The van der Waals surface area contributed by atoms with Crippen LogP contribution in [0.4, 0.5) is 0 Å². The monoisotopic (exact) mass is 302 g/mol. The number of esters is 2. The SMILES string of the molecule is CCCCOC(=O)COCC(=O)OCC(C)CC(C)(C)C. The van der Waals surface area contributed by atoms with Crippen LogP contribution in [0.25, 0.3) is 0 Å². The molecule has 0 radical (unpaired) electrons. The Morgan fingerprint density at radius 3 is 2.14 bits per heavy atom. The summed E-state index contributed by atoms with van der Waals surface area (Å²) in [6.45, 7) is 10.9. The molecule has 5 nitrogen and oxygen atoms in total. The van der Waals surface area contributed by atoms with Crippen LogP contribution in [0.15, 0.2) is 0 Å². The smallest absolute Gasteiger partial charge is 0.332 e. The maximum atomic E-state index is 11.5. The zero-order valence-electron chi connectivity index (χ0n) is 14.1. The van der Waals surface area contributed by atoms with Crippen molar-refractivity contribution in [3.05, 3.63) is 0 Å². The fraction of sp³-hybridized carbons (Fsp3) is 0.875. The van der Waals surface area contributed by atoms with Gasteiger partial charge in [-0.15, -0.1) is 0 Å².